The third-order valence-electron chi connectivity index (χ3n) is 2.92. The van der Waals surface area contributed by atoms with Crippen LogP contribution in [0.1, 0.15) is 34.1 Å². The van der Waals surface area contributed by atoms with E-state index in [0.29, 0.717) is 11.7 Å². The van der Waals surface area contributed by atoms with Gasteiger partial charge in [-0.05, 0) is 26.2 Å². The number of anilines is 2. The van der Waals surface area contributed by atoms with Crippen LogP contribution in [0.2, 0.25) is 0 Å². The summed E-state index contributed by atoms with van der Waals surface area (Å²) in [7, 11) is 0. The van der Waals surface area contributed by atoms with Crippen molar-refractivity contribution in [2.75, 3.05) is 11.1 Å². The molecule has 0 bridgehead atoms. The van der Waals surface area contributed by atoms with E-state index in [-0.39, 0.29) is 5.54 Å². The Bertz CT molecular complexity index is 577. The fourth-order valence-electron chi connectivity index (χ4n) is 2.46. The summed E-state index contributed by atoms with van der Waals surface area (Å²) in [5, 5.41) is 4.38. The van der Waals surface area contributed by atoms with Gasteiger partial charge in [0.25, 0.3) is 0 Å². The molecule has 0 aromatic carbocycles. The zero-order valence-electron chi connectivity index (χ0n) is 11.9. The number of pyridine rings is 1. The average Bonchev–Trinajstić information content (AvgIpc) is 2.26. The lowest BCUT2D eigenvalue weighted by atomic mass is 9.92. The molecule has 2 rings (SSSR count). The Labute approximate surface area is 113 Å². The summed E-state index contributed by atoms with van der Waals surface area (Å²) in [4.78, 5) is 12.7. The first-order chi connectivity index (χ1) is 8.87. The first-order valence-electron chi connectivity index (χ1n) is 6.52. The molecule has 3 N–H and O–H groups in total. The maximum absolute atomic E-state index is 5.68. The predicted molar refractivity (Wildman–Crippen MR) is 78.9 cm³/mol. The van der Waals surface area contributed by atoms with Gasteiger partial charge in [0.1, 0.15) is 18.0 Å². The maximum atomic E-state index is 5.68. The molecule has 0 saturated carbocycles. The van der Waals surface area contributed by atoms with Crippen LogP contribution in [0.25, 0.3) is 10.9 Å². The average molecular weight is 259 g/mol. The zero-order chi connectivity index (χ0) is 14.0. The highest BCUT2D eigenvalue weighted by Crippen LogP contribution is 2.25. The third kappa shape index (κ3) is 3.30. The second-order valence-corrected chi connectivity index (χ2v) is 5.96. The number of nitrogens with two attached hydrogens (primary N) is 1. The van der Waals surface area contributed by atoms with Gasteiger partial charge in [0.2, 0.25) is 0 Å². The van der Waals surface area contributed by atoms with Gasteiger partial charge in [-0.25, -0.2) is 15.0 Å². The van der Waals surface area contributed by atoms with Gasteiger partial charge in [0, 0.05) is 17.8 Å². The molecule has 0 saturated heterocycles. The van der Waals surface area contributed by atoms with E-state index in [0.717, 1.165) is 23.1 Å². The Morgan fingerprint density at radius 3 is 2.68 bits per heavy atom. The largest absolute Gasteiger partial charge is 0.384 e. The summed E-state index contributed by atoms with van der Waals surface area (Å²) in [5.74, 6) is 1.89. The monoisotopic (exact) mass is 259 g/mol. The number of hydrogen-bond donors (Lipinski definition) is 2. The van der Waals surface area contributed by atoms with Crippen molar-refractivity contribution in [2.24, 2.45) is 5.92 Å². The third-order valence-corrected chi connectivity index (χ3v) is 2.92. The molecule has 0 amide bonds. The number of nitrogens with one attached hydrogen (secondary N) is 1. The van der Waals surface area contributed by atoms with E-state index in [4.69, 9.17) is 5.73 Å². The van der Waals surface area contributed by atoms with E-state index in [1.165, 1.54) is 0 Å². The first-order valence-corrected chi connectivity index (χ1v) is 6.52. The van der Waals surface area contributed by atoms with Crippen LogP contribution in [0.4, 0.5) is 11.6 Å². The molecule has 2 aromatic rings. The van der Waals surface area contributed by atoms with E-state index in [1.54, 1.807) is 18.6 Å². The molecule has 0 aliphatic rings. The number of rotatable bonds is 4. The summed E-state index contributed by atoms with van der Waals surface area (Å²) in [5.41, 5.74) is 6.45. The predicted octanol–water partition coefficient (Wildman–Crippen LogP) is 2.84. The fraction of sp³-hybridized carbons (Fsp3) is 0.500. The molecule has 5 nitrogen and oxygen atoms in total. The minimum absolute atomic E-state index is 0.0309. The molecule has 0 aliphatic heterocycles. The number of hydrogen-bond acceptors (Lipinski definition) is 5. The van der Waals surface area contributed by atoms with Crippen LogP contribution in [0, 0.1) is 5.92 Å². The minimum atomic E-state index is -0.0309. The van der Waals surface area contributed by atoms with Gasteiger partial charge in [-0.15, -0.1) is 0 Å². The topological polar surface area (TPSA) is 76.7 Å². The van der Waals surface area contributed by atoms with Gasteiger partial charge >= 0.3 is 0 Å². The smallest absolute Gasteiger partial charge is 0.139 e. The number of aromatic nitrogens is 3. The van der Waals surface area contributed by atoms with Gasteiger partial charge in [-0.3, -0.25) is 0 Å². The van der Waals surface area contributed by atoms with E-state index in [1.807, 2.05) is 0 Å². The summed E-state index contributed by atoms with van der Waals surface area (Å²) >= 11 is 0. The van der Waals surface area contributed by atoms with E-state index < -0.39 is 0 Å². The van der Waals surface area contributed by atoms with Gasteiger partial charge in [-0.1, -0.05) is 13.8 Å². The molecule has 0 unspecified atom stereocenters. The minimum Gasteiger partial charge on any atom is -0.384 e. The highest BCUT2D eigenvalue weighted by Gasteiger charge is 2.20. The lowest BCUT2D eigenvalue weighted by Gasteiger charge is -2.29. The highest BCUT2D eigenvalue weighted by molar-refractivity contribution is 5.89. The molecule has 19 heavy (non-hydrogen) atoms. The van der Waals surface area contributed by atoms with Crippen LogP contribution in [-0.4, -0.2) is 20.5 Å². The standard InChI is InChI=1S/C14H21N5/c1-9(2)6-14(3,4)19-13-10-7-16-12(15)5-11(10)17-8-18-13/h5,7-9H,6H2,1-4H3,(H2,15,16)(H,17,18,19). The first kappa shape index (κ1) is 13.5. The van der Waals surface area contributed by atoms with Crippen LogP contribution < -0.4 is 11.1 Å². The Hall–Kier alpha value is -1.91. The van der Waals surface area contributed by atoms with E-state index in [9.17, 15) is 0 Å². The second kappa shape index (κ2) is 4.99. The zero-order valence-corrected chi connectivity index (χ0v) is 11.9. The molecule has 0 radical (unpaired) electrons. The SMILES string of the molecule is CC(C)CC(C)(C)Nc1ncnc2cc(N)ncc12. The lowest BCUT2D eigenvalue weighted by Crippen LogP contribution is -2.33. The summed E-state index contributed by atoms with van der Waals surface area (Å²) < 4.78 is 0. The van der Waals surface area contributed by atoms with Crippen LogP contribution in [0.5, 0.6) is 0 Å². The van der Waals surface area contributed by atoms with Crippen LogP contribution in [-0.2, 0) is 0 Å². The molecule has 2 aromatic heterocycles. The molecule has 2 heterocycles. The maximum Gasteiger partial charge on any atom is 0.139 e. The molecule has 102 valence electrons. The van der Waals surface area contributed by atoms with E-state index >= 15 is 0 Å². The molecule has 0 atom stereocenters. The highest BCUT2D eigenvalue weighted by atomic mass is 15.1. The fourth-order valence-corrected chi connectivity index (χ4v) is 2.46. The lowest BCUT2D eigenvalue weighted by molar-refractivity contribution is 0.428. The molecule has 5 heteroatoms. The van der Waals surface area contributed by atoms with Crippen LogP contribution >= 0.6 is 0 Å². The number of nitrogen functional groups attached to an aromatic ring is 1. The summed E-state index contributed by atoms with van der Waals surface area (Å²) in [6, 6.07) is 1.76. The summed E-state index contributed by atoms with van der Waals surface area (Å²) in [6.07, 6.45) is 4.33. The molecule has 0 fully saturated rings. The van der Waals surface area contributed by atoms with Crippen molar-refractivity contribution in [3.05, 3.63) is 18.6 Å². The van der Waals surface area contributed by atoms with Crippen LogP contribution in [0.15, 0.2) is 18.6 Å². The van der Waals surface area contributed by atoms with E-state index in [2.05, 4.69) is 48.0 Å². The molecule has 0 aliphatic carbocycles. The van der Waals surface area contributed by atoms with Crippen molar-refractivity contribution >= 4 is 22.5 Å². The Balaban J connectivity index is 2.35. The molecular weight excluding hydrogens is 238 g/mol. The quantitative estimate of drug-likeness (QED) is 0.883. The Kier molecular flexibility index (Phi) is 3.55. The number of nitrogens with zero attached hydrogens (tertiary/aromatic N) is 3. The van der Waals surface area contributed by atoms with Crippen molar-refractivity contribution in [1.82, 2.24) is 15.0 Å². The molecular formula is C14H21N5. The van der Waals surface area contributed by atoms with Crippen molar-refractivity contribution < 1.29 is 0 Å². The van der Waals surface area contributed by atoms with Crippen molar-refractivity contribution in [2.45, 2.75) is 39.7 Å². The Morgan fingerprint density at radius 1 is 1.26 bits per heavy atom. The number of fused-ring (bicyclic) bond motifs is 1. The summed E-state index contributed by atoms with van der Waals surface area (Å²) in [6.45, 7) is 8.77. The molecule has 0 spiro atoms. The van der Waals surface area contributed by atoms with Gasteiger partial charge in [0.15, 0.2) is 0 Å². The van der Waals surface area contributed by atoms with Crippen molar-refractivity contribution in [3.8, 4) is 0 Å². The van der Waals surface area contributed by atoms with Crippen LogP contribution in [0.3, 0.4) is 0 Å². The normalized spacial score (nSPS) is 12.1. The van der Waals surface area contributed by atoms with Gasteiger partial charge in [-0.2, -0.15) is 0 Å². The van der Waals surface area contributed by atoms with Crippen molar-refractivity contribution in [3.63, 3.8) is 0 Å². The second-order valence-electron chi connectivity index (χ2n) is 5.96. The Morgan fingerprint density at radius 2 is 2.00 bits per heavy atom. The van der Waals surface area contributed by atoms with Gasteiger partial charge < -0.3 is 11.1 Å². The van der Waals surface area contributed by atoms with Gasteiger partial charge in [0.05, 0.1) is 10.9 Å². The van der Waals surface area contributed by atoms with Crippen molar-refractivity contribution in [1.29, 1.82) is 0 Å².